The van der Waals surface area contributed by atoms with Gasteiger partial charge in [-0.2, -0.15) is 0 Å². The van der Waals surface area contributed by atoms with Crippen LogP contribution in [-0.2, 0) is 19.1 Å². The molecule has 0 atom stereocenters. The van der Waals surface area contributed by atoms with E-state index < -0.39 is 5.60 Å². The van der Waals surface area contributed by atoms with Crippen LogP contribution in [0.5, 0.6) is 0 Å². The molecule has 0 aliphatic heterocycles. The Labute approximate surface area is 94.7 Å². The van der Waals surface area contributed by atoms with E-state index in [-0.39, 0.29) is 17.7 Å². The van der Waals surface area contributed by atoms with Gasteiger partial charge in [-0.1, -0.05) is 0 Å². The van der Waals surface area contributed by atoms with Crippen LogP contribution in [0.4, 0.5) is 0 Å². The topological polar surface area (TPSA) is 52.6 Å². The van der Waals surface area contributed by atoms with Crippen LogP contribution in [0.3, 0.4) is 0 Å². The number of esters is 2. The summed E-state index contributed by atoms with van der Waals surface area (Å²) in [4.78, 5) is 21.9. The van der Waals surface area contributed by atoms with E-state index in [1.807, 2.05) is 20.8 Å². The molecular weight excluding hydrogens is 216 g/mol. The zero-order chi connectivity index (χ0) is 11.9. The van der Waals surface area contributed by atoms with E-state index in [0.29, 0.717) is 12.2 Å². The molecule has 0 aromatic heterocycles. The minimum atomic E-state index is -0.444. The molecular formula is C10H18O4S. The fraction of sp³-hybridized carbons (Fsp3) is 0.800. The number of hydrogen-bond donors (Lipinski definition) is 0. The van der Waals surface area contributed by atoms with Gasteiger partial charge in [0, 0.05) is 5.75 Å². The van der Waals surface area contributed by atoms with Crippen LogP contribution in [-0.4, -0.2) is 36.2 Å². The van der Waals surface area contributed by atoms with Crippen LogP contribution in [0, 0.1) is 0 Å². The molecule has 0 bridgehead atoms. The van der Waals surface area contributed by atoms with Gasteiger partial charge in [-0.15, -0.1) is 11.8 Å². The molecule has 0 heterocycles. The van der Waals surface area contributed by atoms with Crippen LogP contribution >= 0.6 is 11.8 Å². The molecule has 0 spiro atoms. The summed E-state index contributed by atoms with van der Waals surface area (Å²) in [5.74, 6) is 0.337. The highest BCUT2D eigenvalue weighted by atomic mass is 32.2. The van der Waals surface area contributed by atoms with E-state index in [0.717, 1.165) is 0 Å². The van der Waals surface area contributed by atoms with E-state index in [2.05, 4.69) is 4.74 Å². The highest BCUT2D eigenvalue weighted by Crippen LogP contribution is 2.10. The molecule has 15 heavy (non-hydrogen) atoms. The van der Waals surface area contributed by atoms with Gasteiger partial charge < -0.3 is 9.47 Å². The summed E-state index contributed by atoms with van der Waals surface area (Å²) >= 11 is 1.37. The molecule has 0 aromatic rings. The third-order valence-corrected chi connectivity index (χ3v) is 2.25. The Balaban J connectivity index is 3.52. The van der Waals surface area contributed by atoms with Crippen molar-refractivity contribution in [2.75, 3.05) is 18.6 Å². The molecule has 0 unspecified atom stereocenters. The van der Waals surface area contributed by atoms with Gasteiger partial charge in [0.25, 0.3) is 0 Å². The second kappa shape index (κ2) is 6.71. The predicted molar refractivity (Wildman–Crippen MR) is 59.8 cm³/mol. The molecule has 0 aromatic carbocycles. The number of carbonyl (C=O) groups is 2. The predicted octanol–water partition coefficient (Wildman–Crippen LogP) is 1.62. The van der Waals surface area contributed by atoms with Crippen molar-refractivity contribution in [3.05, 3.63) is 0 Å². The van der Waals surface area contributed by atoms with E-state index >= 15 is 0 Å². The van der Waals surface area contributed by atoms with Gasteiger partial charge in [0.15, 0.2) is 0 Å². The van der Waals surface area contributed by atoms with E-state index in [4.69, 9.17) is 4.74 Å². The Hall–Kier alpha value is -0.710. The first-order valence-corrected chi connectivity index (χ1v) is 5.87. The van der Waals surface area contributed by atoms with Crippen LogP contribution < -0.4 is 0 Å². The number of carbonyl (C=O) groups excluding carboxylic acids is 2. The van der Waals surface area contributed by atoms with Crippen LogP contribution in [0.2, 0.25) is 0 Å². The third-order valence-electron chi connectivity index (χ3n) is 1.32. The Morgan fingerprint density at radius 2 is 1.80 bits per heavy atom. The van der Waals surface area contributed by atoms with Crippen molar-refractivity contribution in [3.8, 4) is 0 Å². The fourth-order valence-corrected chi connectivity index (χ4v) is 1.46. The minimum Gasteiger partial charge on any atom is -0.469 e. The lowest BCUT2D eigenvalue weighted by molar-refractivity contribution is -0.151. The van der Waals surface area contributed by atoms with Crippen molar-refractivity contribution in [2.45, 2.75) is 32.8 Å². The molecule has 88 valence electrons. The molecule has 0 fully saturated rings. The van der Waals surface area contributed by atoms with Gasteiger partial charge in [-0.3, -0.25) is 9.59 Å². The molecule has 5 heteroatoms. The van der Waals surface area contributed by atoms with Gasteiger partial charge >= 0.3 is 11.9 Å². The Morgan fingerprint density at radius 1 is 1.20 bits per heavy atom. The van der Waals surface area contributed by atoms with Crippen molar-refractivity contribution in [2.24, 2.45) is 0 Å². The Kier molecular flexibility index (Phi) is 6.40. The number of ether oxygens (including phenoxy) is 2. The zero-order valence-corrected chi connectivity index (χ0v) is 10.5. The van der Waals surface area contributed by atoms with E-state index in [1.54, 1.807) is 0 Å². The minimum absolute atomic E-state index is 0.252. The lowest BCUT2D eigenvalue weighted by Gasteiger charge is -2.19. The van der Waals surface area contributed by atoms with Gasteiger partial charge in [-0.25, -0.2) is 0 Å². The normalized spacial score (nSPS) is 10.9. The van der Waals surface area contributed by atoms with Crippen molar-refractivity contribution in [1.29, 1.82) is 0 Å². The second-order valence-electron chi connectivity index (χ2n) is 3.97. The summed E-state index contributed by atoms with van der Waals surface area (Å²) in [6.07, 6.45) is 0.323. The second-order valence-corrected chi connectivity index (χ2v) is 5.07. The number of rotatable bonds is 5. The number of methoxy groups -OCH3 is 1. The Morgan fingerprint density at radius 3 is 2.27 bits per heavy atom. The summed E-state index contributed by atoms with van der Waals surface area (Å²) in [6.45, 7) is 5.47. The SMILES string of the molecule is COC(=O)CCSCC(=O)OC(C)(C)C. The van der Waals surface area contributed by atoms with E-state index in [9.17, 15) is 9.59 Å². The van der Waals surface area contributed by atoms with Gasteiger partial charge in [0.05, 0.1) is 19.3 Å². The largest absolute Gasteiger partial charge is 0.469 e. The van der Waals surface area contributed by atoms with Crippen LogP contribution in [0.15, 0.2) is 0 Å². The Bertz CT molecular complexity index is 220. The summed E-state index contributed by atoms with van der Waals surface area (Å²) < 4.78 is 9.56. The molecule has 0 amide bonds. The quantitative estimate of drug-likeness (QED) is 0.534. The maximum absolute atomic E-state index is 11.2. The zero-order valence-electron chi connectivity index (χ0n) is 9.66. The summed E-state index contributed by atoms with van der Waals surface area (Å²) in [5, 5.41) is 0. The maximum atomic E-state index is 11.2. The number of hydrogen-bond acceptors (Lipinski definition) is 5. The molecule has 4 nitrogen and oxygen atoms in total. The monoisotopic (exact) mass is 234 g/mol. The third kappa shape index (κ3) is 9.59. The molecule has 0 radical (unpaired) electrons. The van der Waals surface area contributed by atoms with Crippen molar-refractivity contribution < 1.29 is 19.1 Å². The first-order chi connectivity index (χ1) is 6.85. The molecule has 0 N–H and O–H groups in total. The van der Waals surface area contributed by atoms with Crippen LogP contribution in [0.1, 0.15) is 27.2 Å². The fourth-order valence-electron chi connectivity index (χ4n) is 0.784. The van der Waals surface area contributed by atoms with Crippen molar-refractivity contribution >= 4 is 23.7 Å². The first kappa shape index (κ1) is 14.3. The lowest BCUT2D eigenvalue weighted by atomic mass is 10.2. The average molecular weight is 234 g/mol. The molecule has 0 saturated heterocycles. The molecule has 0 rings (SSSR count). The van der Waals surface area contributed by atoms with Gasteiger partial charge in [-0.05, 0) is 20.8 Å². The molecule has 0 aliphatic carbocycles. The summed E-state index contributed by atoms with van der Waals surface area (Å²) in [7, 11) is 1.35. The van der Waals surface area contributed by atoms with E-state index in [1.165, 1.54) is 18.9 Å². The summed E-state index contributed by atoms with van der Waals surface area (Å²) in [6, 6.07) is 0. The number of thioether (sulfide) groups is 1. The molecule has 0 aliphatic rings. The average Bonchev–Trinajstić information content (AvgIpc) is 2.09. The first-order valence-electron chi connectivity index (χ1n) is 4.71. The smallest absolute Gasteiger partial charge is 0.316 e. The molecule has 0 saturated carbocycles. The standard InChI is InChI=1S/C10H18O4S/c1-10(2,3)14-9(12)7-15-6-5-8(11)13-4/h5-7H2,1-4H3. The van der Waals surface area contributed by atoms with Crippen LogP contribution in [0.25, 0.3) is 0 Å². The van der Waals surface area contributed by atoms with Crippen molar-refractivity contribution in [3.63, 3.8) is 0 Å². The van der Waals surface area contributed by atoms with Crippen molar-refractivity contribution in [1.82, 2.24) is 0 Å². The highest BCUT2D eigenvalue weighted by Gasteiger charge is 2.15. The highest BCUT2D eigenvalue weighted by molar-refractivity contribution is 7.99. The lowest BCUT2D eigenvalue weighted by Crippen LogP contribution is -2.25. The maximum Gasteiger partial charge on any atom is 0.316 e. The van der Waals surface area contributed by atoms with Gasteiger partial charge in [0.2, 0.25) is 0 Å². The van der Waals surface area contributed by atoms with Gasteiger partial charge in [0.1, 0.15) is 5.60 Å². The summed E-state index contributed by atoms with van der Waals surface area (Å²) in [5.41, 5.74) is -0.444.